The molecule has 3 rings (SSSR count). The molecule has 1 aromatic heterocycles. The minimum absolute atomic E-state index is 0. The first kappa shape index (κ1) is 25.7. The SMILES string of the molecule is CC(C)NC(=O)CN1CCN(c2cc(C3CC(N)C3)nc(N(C)C)n2)CC1.Cl.Cl. The molecule has 1 saturated heterocycles. The average Bonchev–Trinajstić information content (AvgIpc) is 2.58. The number of nitrogens with two attached hydrogens (primary N) is 1. The molecule has 0 spiro atoms. The summed E-state index contributed by atoms with van der Waals surface area (Å²) in [5, 5.41) is 2.96. The van der Waals surface area contributed by atoms with Gasteiger partial charge in [0.2, 0.25) is 11.9 Å². The normalized spacial score (nSPS) is 21.7. The van der Waals surface area contributed by atoms with Crippen molar-refractivity contribution in [2.45, 2.75) is 44.7 Å². The van der Waals surface area contributed by atoms with Crippen LogP contribution in [0.25, 0.3) is 0 Å². The standard InChI is InChI=1S/C19H33N7O.2ClH/c1-13(2)21-18(27)12-25-5-7-26(8-6-25)17-11-16(14-9-15(20)10-14)22-19(23-17)24(3)4;;/h11,13-15H,5-10,12,20H2,1-4H3,(H,21,27);2*1H. The Balaban J connectivity index is 0.00000210. The number of carbonyl (C=O) groups excluding carboxylic acids is 1. The lowest BCUT2D eigenvalue weighted by Gasteiger charge is -2.36. The average molecular weight is 448 g/mol. The fourth-order valence-electron chi connectivity index (χ4n) is 3.62. The first-order chi connectivity index (χ1) is 12.8. The Bertz CT molecular complexity index is 660. The Morgan fingerprint density at radius 3 is 2.34 bits per heavy atom. The van der Waals surface area contributed by atoms with E-state index in [0.717, 1.165) is 56.5 Å². The first-order valence-corrected chi connectivity index (χ1v) is 9.90. The van der Waals surface area contributed by atoms with Crippen molar-refractivity contribution in [3.63, 3.8) is 0 Å². The molecule has 2 aliphatic rings. The molecule has 0 bridgehead atoms. The second kappa shape index (κ2) is 11.2. The number of nitrogens with zero attached hydrogens (tertiary/aromatic N) is 5. The Kier molecular flexibility index (Phi) is 9.88. The molecule has 10 heteroatoms. The predicted octanol–water partition coefficient (Wildman–Crippen LogP) is 1.24. The Hall–Kier alpha value is -1.35. The Labute approximate surface area is 186 Å². The lowest BCUT2D eigenvalue weighted by Crippen LogP contribution is -2.50. The number of hydrogen-bond acceptors (Lipinski definition) is 7. The summed E-state index contributed by atoms with van der Waals surface area (Å²) in [6, 6.07) is 2.61. The molecule has 1 saturated carbocycles. The summed E-state index contributed by atoms with van der Waals surface area (Å²) < 4.78 is 0. The van der Waals surface area contributed by atoms with Crippen molar-refractivity contribution in [2.75, 3.05) is 56.6 Å². The Morgan fingerprint density at radius 1 is 1.21 bits per heavy atom. The van der Waals surface area contributed by atoms with E-state index in [0.29, 0.717) is 18.5 Å². The maximum absolute atomic E-state index is 12.0. The molecule has 0 atom stereocenters. The number of anilines is 2. The van der Waals surface area contributed by atoms with E-state index in [2.05, 4.69) is 21.2 Å². The Morgan fingerprint density at radius 2 is 1.83 bits per heavy atom. The number of aromatic nitrogens is 2. The molecular weight excluding hydrogens is 413 g/mol. The summed E-state index contributed by atoms with van der Waals surface area (Å²) in [5.74, 6) is 2.28. The van der Waals surface area contributed by atoms with Gasteiger partial charge in [0.1, 0.15) is 5.82 Å². The van der Waals surface area contributed by atoms with Gasteiger partial charge in [0.25, 0.3) is 0 Å². The molecule has 8 nitrogen and oxygen atoms in total. The van der Waals surface area contributed by atoms with Crippen LogP contribution in [0.5, 0.6) is 0 Å². The largest absolute Gasteiger partial charge is 0.354 e. The van der Waals surface area contributed by atoms with Crippen molar-refractivity contribution < 1.29 is 4.79 Å². The number of nitrogens with one attached hydrogen (secondary N) is 1. The van der Waals surface area contributed by atoms with Crippen molar-refractivity contribution in [1.29, 1.82) is 0 Å². The summed E-state index contributed by atoms with van der Waals surface area (Å²) >= 11 is 0. The summed E-state index contributed by atoms with van der Waals surface area (Å²) in [6.45, 7) is 7.88. The number of piperazine rings is 1. The van der Waals surface area contributed by atoms with Crippen LogP contribution in [0.3, 0.4) is 0 Å². The molecule has 3 N–H and O–H groups in total. The number of hydrogen-bond donors (Lipinski definition) is 2. The molecule has 0 aromatic carbocycles. The smallest absolute Gasteiger partial charge is 0.234 e. The maximum atomic E-state index is 12.0. The minimum atomic E-state index is 0. The summed E-state index contributed by atoms with van der Waals surface area (Å²) in [5.41, 5.74) is 7.07. The third-order valence-corrected chi connectivity index (χ3v) is 5.23. The van der Waals surface area contributed by atoms with Crippen LogP contribution in [0.1, 0.15) is 38.3 Å². The van der Waals surface area contributed by atoms with E-state index in [1.165, 1.54) is 0 Å². The highest BCUT2D eigenvalue weighted by Gasteiger charge is 2.30. The summed E-state index contributed by atoms with van der Waals surface area (Å²) in [4.78, 5) is 27.9. The number of halogens is 2. The highest BCUT2D eigenvalue weighted by molar-refractivity contribution is 5.85. The van der Waals surface area contributed by atoms with Gasteiger partial charge in [-0.3, -0.25) is 9.69 Å². The first-order valence-electron chi connectivity index (χ1n) is 9.90. The third kappa shape index (κ3) is 6.84. The predicted molar refractivity (Wildman–Crippen MR) is 123 cm³/mol. The van der Waals surface area contributed by atoms with Crippen molar-refractivity contribution in [3.05, 3.63) is 11.8 Å². The van der Waals surface area contributed by atoms with Crippen molar-refractivity contribution in [2.24, 2.45) is 5.73 Å². The van der Waals surface area contributed by atoms with Crippen molar-refractivity contribution in [1.82, 2.24) is 20.2 Å². The van der Waals surface area contributed by atoms with E-state index in [1.807, 2.05) is 32.8 Å². The van der Waals surface area contributed by atoms with Crippen LogP contribution in [-0.4, -0.2) is 79.7 Å². The zero-order valence-electron chi connectivity index (χ0n) is 17.8. The third-order valence-electron chi connectivity index (χ3n) is 5.23. The molecule has 0 unspecified atom stereocenters. The number of carbonyl (C=O) groups is 1. The molecule has 2 fully saturated rings. The highest BCUT2D eigenvalue weighted by Crippen LogP contribution is 2.36. The molecule has 166 valence electrons. The van der Waals surface area contributed by atoms with Gasteiger partial charge in [-0.2, -0.15) is 4.98 Å². The van der Waals surface area contributed by atoms with Gasteiger partial charge in [-0.15, -0.1) is 24.8 Å². The second-order valence-electron chi connectivity index (χ2n) is 8.26. The van der Waals surface area contributed by atoms with Gasteiger partial charge in [0, 0.05) is 64.3 Å². The van der Waals surface area contributed by atoms with Crippen LogP contribution in [0.15, 0.2) is 6.07 Å². The maximum Gasteiger partial charge on any atom is 0.234 e. The van der Waals surface area contributed by atoms with Gasteiger partial charge in [-0.25, -0.2) is 4.98 Å². The van der Waals surface area contributed by atoms with Crippen LogP contribution < -0.4 is 20.9 Å². The van der Waals surface area contributed by atoms with Crippen LogP contribution >= 0.6 is 24.8 Å². The van der Waals surface area contributed by atoms with Gasteiger partial charge in [-0.05, 0) is 26.7 Å². The zero-order valence-corrected chi connectivity index (χ0v) is 19.4. The van der Waals surface area contributed by atoms with E-state index in [4.69, 9.17) is 15.7 Å². The van der Waals surface area contributed by atoms with Gasteiger partial charge in [-0.1, -0.05) is 0 Å². The monoisotopic (exact) mass is 447 g/mol. The quantitative estimate of drug-likeness (QED) is 0.677. The molecule has 29 heavy (non-hydrogen) atoms. The number of rotatable bonds is 6. The second-order valence-corrected chi connectivity index (χ2v) is 8.26. The lowest BCUT2D eigenvalue weighted by molar-refractivity contribution is -0.122. The topological polar surface area (TPSA) is 90.6 Å². The van der Waals surface area contributed by atoms with Crippen LogP contribution in [-0.2, 0) is 4.79 Å². The van der Waals surface area contributed by atoms with Crippen molar-refractivity contribution in [3.8, 4) is 0 Å². The molecule has 2 heterocycles. The highest BCUT2D eigenvalue weighted by atomic mass is 35.5. The van der Waals surface area contributed by atoms with Gasteiger partial charge in [0.05, 0.1) is 12.2 Å². The molecule has 1 aliphatic heterocycles. The molecule has 1 aromatic rings. The zero-order chi connectivity index (χ0) is 19.6. The molecule has 1 aliphatic carbocycles. The van der Waals surface area contributed by atoms with Gasteiger partial charge in [0.15, 0.2) is 0 Å². The van der Waals surface area contributed by atoms with E-state index >= 15 is 0 Å². The van der Waals surface area contributed by atoms with Crippen molar-refractivity contribution >= 4 is 42.5 Å². The summed E-state index contributed by atoms with van der Waals surface area (Å²) in [7, 11) is 3.95. The fraction of sp³-hybridized carbons (Fsp3) is 0.737. The summed E-state index contributed by atoms with van der Waals surface area (Å²) in [6.07, 6.45) is 2.00. The van der Waals surface area contributed by atoms with Crippen LogP contribution in [0.2, 0.25) is 0 Å². The van der Waals surface area contributed by atoms with Gasteiger partial charge < -0.3 is 20.9 Å². The molecular formula is C19H35Cl2N7O. The van der Waals surface area contributed by atoms with E-state index in [9.17, 15) is 4.79 Å². The lowest BCUT2D eigenvalue weighted by atomic mass is 9.78. The minimum Gasteiger partial charge on any atom is -0.354 e. The van der Waals surface area contributed by atoms with Crippen LogP contribution in [0, 0.1) is 0 Å². The number of amides is 1. The van der Waals surface area contributed by atoms with E-state index in [1.54, 1.807) is 0 Å². The fourth-order valence-corrected chi connectivity index (χ4v) is 3.62. The van der Waals surface area contributed by atoms with Gasteiger partial charge >= 0.3 is 0 Å². The van der Waals surface area contributed by atoms with Crippen LogP contribution in [0.4, 0.5) is 11.8 Å². The molecule has 1 amide bonds. The van der Waals surface area contributed by atoms with E-state index < -0.39 is 0 Å². The van der Waals surface area contributed by atoms with E-state index in [-0.39, 0.29) is 36.8 Å². The molecule has 0 radical (unpaired) electrons.